The quantitative estimate of drug-likeness (QED) is 0.341. The molecule has 3 rings (SSSR count). The number of carbonyl (C=O) groups excluding carboxylic acids is 2. The van der Waals surface area contributed by atoms with Crippen molar-refractivity contribution in [3.05, 3.63) is 72.3 Å². The van der Waals surface area contributed by atoms with E-state index in [1.165, 1.54) is 6.92 Å². The van der Waals surface area contributed by atoms with E-state index in [1.54, 1.807) is 19.1 Å². The average molecular weight is 376 g/mol. The molecule has 0 saturated heterocycles. The van der Waals surface area contributed by atoms with Crippen LogP contribution in [0.25, 0.3) is 10.8 Å². The first-order valence-electron chi connectivity index (χ1n) is 8.71. The van der Waals surface area contributed by atoms with Crippen LogP contribution in [0, 0.1) is 6.92 Å². The van der Waals surface area contributed by atoms with E-state index in [0.29, 0.717) is 16.9 Å². The van der Waals surface area contributed by atoms with Crippen LogP contribution in [0.1, 0.15) is 19.4 Å². The lowest BCUT2D eigenvalue weighted by Gasteiger charge is -2.17. The van der Waals surface area contributed by atoms with Crippen molar-refractivity contribution in [1.29, 1.82) is 0 Å². The molecule has 0 aromatic heterocycles. The van der Waals surface area contributed by atoms with E-state index < -0.39 is 11.9 Å². The van der Waals surface area contributed by atoms with E-state index in [1.807, 2.05) is 49.4 Å². The predicted octanol–water partition coefficient (Wildman–Crippen LogP) is 5.35. The third kappa shape index (κ3) is 4.20. The Morgan fingerprint density at radius 2 is 1.57 bits per heavy atom. The lowest BCUT2D eigenvalue weighted by atomic mass is 10.0. The summed E-state index contributed by atoms with van der Waals surface area (Å²) in [4.78, 5) is 23.8. The highest BCUT2D eigenvalue weighted by Gasteiger charge is 2.20. The molecule has 0 atom stereocenters. The third-order valence-corrected chi connectivity index (χ3v) is 3.94. The number of aryl methyl sites for hydroxylation is 1. The standard InChI is InChI=1S/C23H20O5/c1-14(2)23(25)28-22-18-11-10-15(3)12-19(18)20(13-21(22)26-16(4)24)27-17-8-6-5-7-9-17/h5-13H,1H2,2-4H3. The number of hydrogen-bond donors (Lipinski definition) is 0. The van der Waals surface area contributed by atoms with Gasteiger partial charge in [-0.25, -0.2) is 4.79 Å². The van der Waals surface area contributed by atoms with Crippen molar-refractivity contribution < 1.29 is 23.8 Å². The summed E-state index contributed by atoms with van der Waals surface area (Å²) in [6.45, 7) is 8.38. The Morgan fingerprint density at radius 3 is 2.21 bits per heavy atom. The minimum Gasteiger partial charge on any atom is -0.457 e. The Balaban J connectivity index is 2.23. The number of para-hydroxylation sites is 1. The molecule has 0 bridgehead atoms. The molecule has 0 unspecified atom stereocenters. The molecular formula is C23H20O5. The molecule has 0 fully saturated rings. The highest BCUT2D eigenvalue weighted by atomic mass is 16.6. The lowest BCUT2D eigenvalue weighted by Crippen LogP contribution is -2.11. The zero-order chi connectivity index (χ0) is 20.3. The Hall–Kier alpha value is -3.60. The molecule has 0 amide bonds. The fourth-order valence-corrected chi connectivity index (χ4v) is 2.67. The number of fused-ring (bicyclic) bond motifs is 1. The second kappa shape index (κ2) is 7.96. The number of ether oxygens (including phenoxy) is 3. The number of carbonyl (C=O) groups is 2. The summed E-state index contributed by atoms with van der Waals surface area (Å²) in [6, 6.07) is 16.4. The highest BCUT2D eigenvalue weighted by Crippen LogP contribution is 2.43. The van der Waals surface area contributed by atoms with Gasteiger partial charge in [-0.2, -0.15) is 0 Å². The zero-order valence-corrected chi connectivity index (χ0v) is 15.9. The molecule has 3 aromatic rings. The molecule has 0 saturated carbocycles. The maximum atomic E-state index is 12.1. The Morgan fingerprint density at radius 1 is 0.857 bits per heavy atom. The summed E-state index contributed by atoms with van der Waals surface area (Å²) >= 11 is 0. The lowest BCUT2D eigenvalue weighted by molar-refractivity contribution is -0.133. The van der Waals surface area contributed by atoms with E-state index >= 15 is 0 Å². The Bertz CT molecular complexity index is 1070. The molecule has 142 valence electrons. The molecule has 0 radical (unpaired) electrons. The van der Waals surface area contributed by atoms with Crippen LogP contribution < -0.4 is 14.2 Å². The van der Waals surface area contributed by atoms with Gasteiger partial charge in [0.2, 0.25) is 0 Å². The summed E-state index contributed by atoms with van der Waals surface area (Å²) in [5.74, 6) is 0.224. The minimum absolute atomic E-state index is 0.101. The number of rotatable bonds is 5. The maximum Gasteiger partial charge on any atom is 0.338 e. The van der Waals surface area contributed by atoms with Crippen molar-refractivity contribution >= 4 is 22.7 Å². The van der Waals surface area contributed by atoms with Crippen LogP contribution in [0.3, 0.4) is 0 Å². The third-order valence-electron chi connectivity index (χ3n) is 3.94. The van der Waals surface area contributed by atoms with Crippen LogP contribution in [-0.2, 0) is 9.59 Å². The van der Waals surface area contributed by atoms with Crippen molar-refractivity contribution in [2.75, 3.05) is 0 Å². The Labute approximate surface area is 163 Å². The van der Waals surface area contributed by atoms with Crippen LogP contribution in [0.2, 0.25) is 0 Å². The molecule has 0 aliphatic rings. The Kier molecular flexibility index (Phi) is 5.45. The maximum absolute atomic E-state index is 12.1. The first kappa shape index (κ1) is 19.2. The summed E-state index contributed by atoms with van der Waals surface area (Å²) in [7, 11) is 0. The van der Waals surface area contributed by atoms with Gasteiger partial charge in [0.1, 0.15) is 11.5 Å². The van der Waals surface area contributed by atoms with E-state index in [-0.39, 0.29) is 17.1 Å². The topological polar surface area (TPSA) is 61.8 Å². The number of hydrogen-bond acceptors (Lipinski definition) is 5. The van der Waals surface area contributed by atoms with Crippen LogP contribution >= 0.6 is 0 Å². The minimum atomic E-state index is -0.605. The van der Waals surface area contributed by atoms with Gasteiger partial charge in [0.25, 0.3) is 0 Å². The molecule has 5 heteroatoms. The van der Waals surface area contributed by atoms with Crippen molar-refractivity contribution in [2.24, 2.45) is 0 Å². The second-order valence-corrected chi connectivity index (χ2v) is 6.43. The van der Waals surface area contributed by atoms with Crippen molar-refractivity contribution in [3.8, 4) is 23.0 Å². The van der Waals surface area contributed by atoms with Crippen LogP contribution in [0.4, 0.5) is 0 Å². The van der Waals surface area contributed by atoms with Crippen LogP contribution in [0.5, 0.6) is 23.0 Å². The van der Waals surface area contributed by atoms with Gasteiger partial charge in [-0.3, -0.25) is 4.79 Å². The largest absolute Gasteiger partial charge is 0.457 e. The van der Waals surface area contributed by atoms with Crippen molar-refractivity contribution in [2.45, 2.75) is 20.8 Å². The number of esters is 2. The van der Waals surface area contributed by atoms with Gasteiger partial charge >= 0.3 is 11.9 Å². The summed E-state index contributed by atoms with van der Waals surface area (Å²) in [5.41, 5.74) is 1.24. The van der Waals surface area contributed by atoms with Gasteiger partial charge in [0, 0.05) is 29.3 Å². The number of benzene rings is 3. The molecule has 5 nitrogen and oxygen atoms in total. The van der Waals surface area contributed by atoms with Crippen LogP contribution in [-0.4, -0.2) is 11.9 Å². The molecular weight excluding hydrogens is 356 g/mol. The smallest absolute Gasteiger partial charge is 0.338 e. The summed E-state index contributed by atoms with van der Waals surface area (Å²) in [5, 5.41) is 1.31. The SMILES string of the molecule is C=C(C)C(=O)Oc1c(OC(C)=O)cc(Oc2ccccc2)c2cc(C)ccc12. The summed E-state index contributed by atoms with van der Waals surface area (Å²) in [6.07, 6.45) is 0. The first-order valence-corrected chi connectivity index (χ1v) is 8.71. The second-order valence-electron chi connectivity index (χ2n) is 6.43. The predicted molar refractivity (Wildman–Crippen MR) is 107 cm³/mol. The van der Waals surface area contributed by atoms with Gasteiger partial charge in [-0.15, -0.1) is 0 Å². The molecule has 0 aliphatic carbocycles. The fraction of sp³-hybridized carbons (Fsp3) is 0.130. The normalized spacial score (nSPS) is 10.4. The summed E-state index contributed by atoms with van der Waals surface area (Å²) < 4.78 is 16.8. The van der Waals surface area contributed by atoms with Crippen molar-refractivity contribution in [3.63, 3.8) is 0 Å². The van der Waals surface area contributed by atoms with E-state index in [2.05, 4.69) is 6.58 Å². The molecule has 0 N–H and O–H groups in total. The highest BCUT2D eigenvalue weighted by molar-refractivity contribution is 6.00. The van der Waals surface area contributed by atoms with E-state index in [9.17, 15) is 9.59 Å². The average Bonchev–Trinajstić information content (AvgIpc) is 2.64. The molecule has 0 spiro atoms. The van der Waals surface area contributed by atoms with E-state index in [0.717, 1.165) is 10.9 Å². The van der Waals surface area contributed by atoms with Gasteiger partial charge in [-0.05, 0) is 32.0 Å². The van der Waals surface area contributed by atoms with Crippen LogP contribution in [0.15, 0.2) is 66.7 Å². The fourth-order valence-electron chi connectivity index (χ4n) is 2.67. The van der Waals surface area contributed by atoms with Gasteiger partial charge < -0.3 is 14.2 Å². The van der Waals surface area contributed by atoms with Gasteiger partial charge in [0.05, 0.1) is 0 Å². The first-order chi connectivity index (χ1) is 13.3. The van der Waals surface area contributed by atoms with Crippen molar-refractivity contribution in [1.82, 2.24) is 0 Å². The van der Waals surface area contributed by atoms with E-state index in [4.69, 9.17) is 14.2 Å². The van der Waals surface area contributed by atoms with Gasteiger partial charge in [-0.1, -0.05) is 42.5 Å². The van der Waals surface area contributed by atoms with Gasteiger partial charge in [0.15, 0.2) is 11.5 Å². The molecule has 0 heterocycles. The monoisotopic (exact) mass is 376 g/mol. The zero-order valence-electron chi connectivity index (χ0n) is 15.9. The molecule has 3 aromatic carbocycles. The molecule has 28 heavy (non-hydrogen) atoms. The molecule has 0 aliphatic heterocycles.